The number of carbonyl (C=O) groups excluding carboxylic acids is 1. The normalized spacial score (nSPS) is 19.5. The fraction of sp³-hybridized carbons (Fsp3) is 0.571. The van der Waals surface area contributed by atoms with Crippen LogP contribution in [0.25, 0.3) is 0 Å². The van der Waals surface area contributed by atoms with Crippen LogP contribution >= 0.6 is 11.8 Å². The molecule has 2 aliphatic heterocycles. The lowest BCUT2D eigenvalue weighted by atomic mass is 9.98. The minimum atomic E-state index is 0.129. The van der Waals surface area contributed by atoms with Crippen molar-refractivity contribution in [2.45, 2.75) is 24.4 Å². The van der Waals surface area contributed by atoms with E-state index < -0.39 is 0 Å². The van der Waals surface area contributed by atoms with Crippen LogP contribution in [0.5, 0.6) is 0 Å². The van der Waals surface area contributed by atoms with Gasteiger partial charge >= 0.3 is 0 Å². The maximum absolute atomic E-state index is 11.4. The topological polar surface area (TPSA) is 66.1 Å². The lowest BCUT2D eigenvalue weighted by Gasteiger charge is -2.23. The Morgan fingerprint density at radius 1 is 1.35 bits per heavy atom. The SMILES string of the molecule is O=C1CNc2ccc(CNCC3CCNCC3)nc2S1. The van der Waals surface area contributed by atoms with Crippen molar-refractivity contribution in [1.29, 1.82) is 0 Å². The molecule has 0 spiro atoms. The minimum Gasteiger partial charge on any atom is -0.375 e. The second kappa shape index (κ2) is 6.56. The van der Waals surface area contributed by atoms with E-state index in [2.05, 4.69) is 20.9 Å². The molecule has 0 saturated carbocycles. The van der Waals surface area contributed by atoms with Gasteiger partial charge in [0.05, 0.1) is 17.9 Å². The smallest absolute Gasteiger partial charge is 0.214 e. The van der Waals surface area contributed by atoms with Crippen molar-refractivity contribution in [3.63, 3.8) is 0 Å². The number of thioether (sulfide) groups is 1. The first kappa shape index (κ1) is 13.9. The number of anilines is 1. The largest absolute Gasteiger partial charge is 0.375 e. The third-order valence-electron chi connectivity index (χ3n) is 3.75. The Hall–Kier alpha value is -1.11. The van der Waals surface area contributed by atoms with Gasteiger partial charge in [0.25, 0.3) is 0 Å². The van der Waals surface area contributed by atoms with E-state index >= 15 is 0 Å². The molecule has 0 amide bonds. The van der Waals surface area contributed by atoms with Gasteiger partial charge in [-0.15, -0.1) is 0 Å². The molecule has 20 heavy (non-hydrogen) atoms. The Morgan fingerprint density at radius 2 is 2.20 bits per heavy atom. The van der Waals surface area contributed by atoms with E-state index in [0.29, 0.717) is 6.54 Å². The van der Waals surface area contributed by atoms with Crippen molar-refractivity contribution >= 4 is 22.6 Å². The Labute approximate surface area is 123 Å². The van der Waals surface area contributed by atoms with Gasteiger partial charge in [0, 0.05) is 6.54 Å². The molecule has 3 rings (SSSR count). The Kier molecular flexibility index (Phi) is 4.54. The molecule has 6 heteroatoms. The zero-order chi connectivity index (χ0) is 13.8. The maximum atomic E-state index is 11.4. The van der Waals surface area contributed by atoms with E-state index in [0.717, 1.165) is 48.5 Å². The first-order valence-electron chi connectivity index (χ1n) is 7.17. The third kappa shape index (κ3) is 3.50. The quantitative estimate of drug-likeness (QED) is 0.775. The third-order valence-corrected chi connectivity index (χ3v) is 4.63. The van der Waals surface area contributed by atoms with E-state index in [1.165, 1.54) is 24.6 Å². The summed E-state index contributed by atoms with van der Waals surface area (Å²) in [7, 11) is 0. The second-order valence-corrected chi connectivity index (χ2v) is 6.35. The number of piperidine rings is 1. The highest BCUT2D eigenvalue weighted by molar-refractivity contribution is 8.13. The van der Waals surface area contributed by atoms with Crippen LogP contribution in [0.15, 0.2) is 17.2 Å². The molecule has 0 radical (unpaired) electrons. The molecule has 1 fully saturated rings. The van der Waals surface area contributed by atoms with Crippen LogP contribution in [-0.4, -0.2) is 36.3 Å². The number of carbonyl (C=O) groups is 1. The summed E-state index contributed by atoms with van der Waals surface area (Å²) in [5, 5.41) is 10.9. The molecule has 0 aromatic carbocycles. The van der Waals surface area contributed by atoms with E-state index in [1.54, 1.807) is 0 Å². The lowest BCUT2D eigenvalue weighted by molar-refractivity contribution is -0.109. The summed E-state index contributed by atoms with van der Waals surface area (Å²) in [6, 6.07) is 4.04. The van der Waals surface area contributed by atoms with Gasteiger partial charge in [-0.2, -0.15) is 0 Å². The average molecular weight is 292 g/mol. The first-order valence-corrected chi connectivity index (χ1v) is 7.99. The predicted octanol–water partition coefficient (Wildman–Crippen LogP) is 1.21. The van der Waals surface area contributed by atoms with E-state index in [1.807, 2.05) is 12.1 Å². The molecule has 108 valence electrons. The van der Waals surface area contributed by atoms with Crippen molar-refractivity contribution < 1.29 is 4.79 Å². The Morgan fingerprint density at radius 3 is 3.05 bits per heavy atom. The molecule has 2 aliphatic rings. The summed E-state index contributed by atoms with van der Waals surface area (Å²) >= 11 is 1.24. The van der Waals surface area contributed by atoms with Crippen LogP contribution in [0.4, 0.5) is 5.69 Å². The zero-order valence-electron chi connectivity index (χ0n) is 11.4. The van der Waals surface area contributed by atoms with Gasteiger partial charge < -0.3 is 16.0 Å². The highest BCUT2D eigenvalue weighted by Gasteiger charge is 2.17. The van der Waals surface area contributed by atoms with Crippen molar-refractivity contribution in [3.8, 4) is 0 Å². The van der Waals surface area contributed by atoms with Crippen LogP contribution in [0.2, 0.25) is 0 Å². The number of hydrogen-bond donors (Lipinski definition) is 3. The molecule has 3 heterocycles. The summed E-state index contributed by atoms with van der Waals surface area (Å²) in [6.07, 6.45) is 2.50. The average Bonchev–Trinajstić information content (AvgIpc) is 2.48. The number of hydrogen-bond acceptors (Lipinski definition) is 6. The minimum absolute atomic E-state index is 0.129. The molecule has 5 nitrogen and oxygen atoms in total. The number of aromatic nitrogens is 1. The molecule has 0 bridgehead atoms. The maximum Gasteiger partial charge on any atom is 0.214 e. The first-order chi connectivity index (χ1) is 9.81. The van der Waals surface area contributed by atoms with Crippen molar-refractivity contribution in [3.05, 3.63) is 17.8 Å². The van der Waals surface area contributed by atoms with Gasteiger partial charge in [-0.05, 0) is 62.3 Å². The molecular weight excluding hydrogens is 272 g/mol. The summed E-state index contributed by atoms with van der Waals surface area (Å²) in [4.78, 5) is 15.9. The Balaban J connectivity index is 1.52. The molecule has 3 N–H and O–H groups in total. The van der Waals surface area contributed by atoms with Gasteiger partial charge in [-0.25, -0.2) is 4.98 Å². The molecule has 1 aromatic rings. The van der Waals surface area contributed by atoms with Crippen LogP contribution in [0.1, 0.15) is 18.5 Å². The number of fused-ring (bicyclic) bond motifs is 1. The number of nitrogens with zero attached hydrogens (tertiary/aromatic N) is 1. The summed E-state index contributed by atoms with van der Waals surface area (Å²) in [5.74, 6) is 0.770. The number of nitrogens with one attached hydrogen (secondary N) is 3. The van der Waals surface area contributed by atoms with Crippen molar-refractivity contribution in [1.82, 2.24) is 15.6 Å². The van der Waals surface area contributed by atoms with Crippen LogP contribution in [0.3, 0.4) is 0 Å². The Bertz CT molecular complexity index is 488. The molecule has 1 aromatic heterocycles. The molecule has 0 atom stereocenters. The van der Waals surface area contributed by atoms with Crippen molar-refractivity contribution in [2.24, 2.45) is 5.92 Å². The van der Waals surface area contributed by atoms with Gasteiger partial charge in [-0.3, -0.25) is 4.79 Å². The van der Waals surface area contributed by atoms with Gasteiger partial charge in [0.2, 0.25) is 5.12 Å². The lowest BCUT2D eigenvalue weighted by Crippen LogP contribution is -2.33. The van der Waals surface area contributed by atoms with E-state index in [-0.39, 0.29) is 5.12 Å². The fourth-order valence-electron chi connectivity index (χ4n) is 2.59. The highest BCUT2D eigenvalue weighted by Crippen LogP contribution is 2.29. The number of rotatable bonds is 4. The highest BCUT2D eigenvalue weighted by atomic mass is 32.2. The summed E-state index contributed by atoms with van der Waals surface area (Å²) in [6.45, 7) is 4.48. The molecular formula is C14H20N4OS. The monoisotopic (exact) mass is 292 g/mol. The second-order valence-electron chi connectivity index (χ2n) is 5.31. The fourth-order valence-corrected chi connectivity index (χ4v) is 3.36. The standard InChI is InChI=1S/C14H20N4OS/c19-13-9-17-12-2-1-11(18-14(12)20-13)8-16-7-10-3-5-15-6-4-10/h1-2,10,15-17H,3-9H2. The van der Waals surface area contributed by atoms with Gasteiger partial charge in [0.1, 0.15) is 5.03 Å². The van der Waals surface area contributed by atoms with E-state index in [9.17, 15) is 4.79 Å². The molecule has 0 aliphatic carbocycles. The molecule has 0 unspecified atom stereocenters. The molecule has 1 saturated heterocycles. The van der Waals surface area contributed by atoms with Gasteiger partial charge in [-0.1, -0.05) is 0 Å². The van der Waals surface area contributed by atoms with E-state index in [4.69, 9.17) is 0 Å². The summed E-state index contributed by atoms with van der Waals surface area (Å²) in [5.41, 5.74) is 1.97. The zero-order valence-corrected chi connectivity index (χ0v) is 12.3. The van der Waals surface area contributed by atoms with Crippen LogP contribution in [0, 0.1) is 5.92 Å². The summed E-state index contributed by atoms with van der Waals surface area (Å²) < 4.78 is 0. The number of pyridine rings is 1. The van der Waals surface area contributed by atoms with Crippen molar-refractivity contribution in [2.75, 3.05) is 31.5 Å². The van der Waals surface area contributed by atoms with Crippen LogP contribution < -0.4 is 16.0 Å². The van der Waals surface area contributed by atoms with Crippen LogP contribution in [-0.2, 0) is 11.3 Å². The predicted molar refractivity (Wildman–Crippen MR) is 80.9 cm³/mol. The van der Waals surface area contributed by atoms with Gasteiger partial charge in [0.15, 0.2) is 0 Å².